The Morgan fingerprint density at radius 1 is 1.21 bits per heavy atom. The second-order valence-corrected chi connectivity index (χ2v) is 7.42. The van der Waals surface area contributed by atoms with Gasteiger partial charge >= 0.3 is 0 Å². The van der Waals surface area contributed by atoms with E-state index in [4.69, 9.17) is 0 Å². The molecule has 0 spiro atoms. The molecule has 2 unspecified atom stereocenters. The third-order valence-corrected chi connectivity index (χ3v) is 5.18. The van der Waals surface area contributed by atoms with Crippen molar-refractivity contribution in [3.05, 3.63) is 29.8 Å². The predicted molar refractivity (Wildman–Crippen MR) is 111 cm³/mol. The predicted octanol–water partition coefficient (Wildman–Crippen LogP) is 1.79. The van der Waals surface area contributed by atoms with E-state index in [2.05, 4.69) is 16.0 Å². The lowest BCUT2D eigenvalue weighted by Crippen LogP contribution is -2.46. The fourth-order valence-corrected chi connectivity index (χ4v) is 3.81. The molecule has 7 nitrogen and oxygen atoms in total. The summed E-state index contributed by atoms with van der Waals surface area (Å²) in [6.45, 7) is 4.31. The van der Waals surface area contributed by atoms with Gasteiger partial charge in [0, 0.05) is 37.8 Å². The highest BCUT2D eigenvalue weighted by atomic mass is 35.5. The largest absolute Gasteiger partial charge is 0.354 e. The number of rotatable bonds is 5. The summed E-state index contributed by atoms with van der Waals surface area (Å²) in [6.07, 6.45) is 3.88. The third kappa shape index (κ3) is 5.94. The standard InChI is InChI=1S/C20H28N4O3.ClH/c1-14(25)23-17-7-2-6-16(11-17)20(27)24-10-4-5-15(13-24)12-22-19(26)18-8-3-9-21-18;/h2,6-7,11,15,18,21H,3-5,8-10,12-13H2,1H3,(H,22,26)(H,23,25);1H. The summed E-state index contributed by atoms with van der Waals surface area (Å²) in [5, 5.41) is 8.95. The molecule has 0 aliphatic carbocycles. The van der Waals surface area contributed by atoms with Crippen molar-refractivity contribution in [1.82, 2.24) is 15.5 Å². The molecule has 154 valence electrons. The SMILES string of the molecule is CC(=O)Nc1cccc(C(=O)N2CCCC(CNC(=O)C3CCCN3)C2)c1.Cl. The molecule has 2 aliphatic rings. The van der Waals surface area contributed by atoms with Crippen LogP contribution in [-0.2, 0) is 9.59 Å². The quantitative estimate of drug-likeness (QED) is 0.692. The van der Waals surface area contributed by atoms with E-state index in [1.165, 1.54) is 6.92 Å². The van der Waals surface area contributed by atoms with Gasteiger partial charge in [0.1, 0.15) is 0 Å². The zero-order valence-corrected chi connectivity index (χ0v) is 17.0. The van der Waals surface area contributed by atoms with Crippen molar-refractivity contribution >= 4 is 35.8 Å². The molecule has 0 radical (unpaired) electrons. The maximum absolute atomic E-state index is 12.8. The van der Waals surface area contributed by atoms with Gasteiger partial charge in [-0.1, -0.05) is 6.07 Å². The van der Waals surface area contributed by atoms with Gasteiger partial charge in [-0.15, -0.1) is 12.4 Å². The summed E-state index contributed by atoms with van der Waals surface area (Å²) in [7, 11) is 0. The number of nitrogens with one attached hydrogen (secondary N) is 3. The zero-order valence-electron chi connectivity index (χ0n) is 16.2. The van der Waals surface area contributed by atoms with Crippen molar-refractivity contribution in [2.75, 3.05) is 31.5 Å². The maximum Gasteiger partial charge on any atom is 0.253 e. The number of carbonyl (C=O) groups is 3. The van der Waals surface area contributed by atoms with Crippen LogP contribution < -0.4 is 16.0 Å². The van der Waals surface area contributed by atoms with Crippen molar-refractivity contribution in [3.8, 4) is 0 Å². The van der Waals surface area contributed by atoms with Crippen molar-refractivity contribution < 1.29 is 14.4 Å². The van der Waals surface area contributed by atoms with Crippen molar-refractivity contribution in [2.45, 2.75) is 38.6 Å². The van der Waals surface area contributed by atoms with Crippen molar-refractivity contribution in [3.63, 3.8) is 0 Å². The number of benzene rings is 1. The molecular weight excluding hydrogens is 380 g/mol. The summed E-state index contributed by atoms with van der Waals surface area (Å²) in [5.41, 5.74) is 1.19. The van der Waals surface area contributed by atoms with E-state index in [9.17, 15) is 14.4 Å². The number of halogens is 1. The van der Waals surface area contributed by atoms with Gasteiger partial charge in [0.2, 0.25) is 11.8 Å². The smallest absolute Gasteiger partial charge is 0.253 e. The van der Waals surface area contributed by atoms with Crippen LogP contribution in [0.25, 0.3) is 0 Å². The molecule has 2 aliphatic heterocycles. The minimum Gasteiger partial charge on any atom is -0.354 e. The van der Waals surface area contributed by atoms with Crippen LogP contribution in [0.5, 0.6) is 0 Å². The molecule has 1 aromatic rings. The Hall–Kier alpha value is -2.12. The third-order valence-electron chi connectivity index (χ3n) is 5.18. The van der Waals surface area contributed by atoms with Gasteiger partial charge in [-0.3, -0.25) is 14.4 Å². The summed E-state index contributed by atoms with van der Waals surface area (Å²) < 4.78 is 0. The number of anilines is 1. The molecule has 3 rings (SSSR count). The van der Waals surface area contributed by atoms with Crippen LogP contribution in [0.3, 0.4) is 0 Å². The molecule has 0 bridgehead atoms. The fraction of sp³-hybridized carbons (Fsp3) is 0.550. The van der Waals surface area contributed by atoms with Crippen LogP contribution >= 0.6 is 12.4 Å². The summed E-state index contributed by atoms with van der Waals surface area (Å²) >= 11 is 0. The first-order chi connectivity index (χ1) is 13.0. The number of amides is 3. The maximum atomic E-state index is 12.8. The number of hydrogen-bond acceptors (Lipinski definition) is 4. The Morgan fingerprint density at radius 3 is 2.75 bits per heavy atom. The number of piperidine rings is 1. The lowest BCUT2D eigenvalue weighted by molar-refractivity contribution is -0.123. The lowest BCUT2D eigenvalue weighted by Gasteiger charge is -2.33. The van der Waals surface area contributed by atoms with E-state index in [1.807, 2.05) is 4.90 Å². The van der Waals surface area contributed by atoms with E-state index < -0.39 is 0 Å². The van der Waals surface area contributed by atoms with Crippen molar-refractivity contribution in [1.29, 1.82) is 0 Å². The molecule has 2 atom stereocenters. The van der Waals surface area contributed by atoms with Crippen LogP contribution in [0, 0.1) is 5.92 Å². The Bertz CT molecular complexity index is 706. The van der Waals surface area contributed by atoms with E-state index in [0.29, 0.717) is 24.3 Å². The number of nitrogens with zero attached hydrogens (tertiary/aromatic N) is 1. The normalized spacial score (nSPS) is 21.5. The average molecular weight is 409 g/mol. The molecule has 3 N–H and O–H groups in total. The van der Waals surface area contributed by atoms with E-state index >= 15 is 0 Å². The second kappa shape index (κ2) is 10.4. The fourth-order valence-electron chi connectivity index (χ4n) is 3.81. The highest BCUT2D eigenvalue weighted by molar-refractivity contribution is 5.96. The molecule has 28 heavy (non-hydrogen) atoms. The minimum absolute atomic E-state index is 0. The van der Waals surface area contributed by atoms with Crippen LogP contribution in [0.1, 0.15) is 43.0 Å². The second-order valence-electron chi connectivity index (χ2n) is 7.42. The molecule has 0 saturated carbocycles. The van der Waals surface area contributed by atoms with Gasteiger partial charge in [-0.05, 0) is 56.3 Å². The average Bonchev–Trinajstić information content (AvgIpc) is 3.20. The van der Waals surface area contributed by atoms with Crippen LogP contribution in [0.15, 0.2) is 24.3 Å². The first-order valence-corrected chi connectivity index (χ1v) is 9.71. The molecule has 3 amide bonds. The number of hydrogen-bond donors (Lipinski definition) is 3. The molecule has 2 saturated heterocycles. The lowest BCUT2D eigenvalue weighted by atomic mass is 9.97. The van der Waals surface area contributed by atoms with Gasteiger partial charge in [-0.25, -0.2) is 0 Å². The van der Waals surface area contributed by atoms with Crippen LogP contribution in [-0.4, -0.2) is 54.8 Å². The van der Waals surface area contributed by atoms with E-state index in [1.54, 1.807) is 24.3 Å². The summed E-state index contributed by atoms with van der Waals surface area (Å²) in [5.74, 6) is 0.145. The minimum atomic E-state index is -0.162. The van der Waals surface area contributed by atoms with Crippen LogP contribution in [0.4, 0.5) is 5.69 Å². The molecule has 2 fully saturated rings. The van der Waals surface area contributed by atoms with Crippen LogP contribution in [0.2, 0.25) is 0 Å². The van der Waals surface area contributed by atoms with Gasteiger partial charge in [0.15, 0.2) is 0 Å². The Kier molecular flexibility index (Phi) is 8.26. The molecule has 2 heterocycles. The van der Waals surface area contributed by atoms with Gasteiger partial charge in [0.25, 0.3) is 5.91 Å². The van der Waals surface area contributed by atoms with Gasteiger partial charge in [-0.2, -0.15) is 0 Å². The molecule has 8 heteroatoms. The molecular formula is C20H29ClN4O3. The van der Waals surface area contributed by atoms with Gasteiger partial charge < -0.3 is 20.9 Å². The first-order valence-electron chi connectivity index (χ1n) is 9.71. The summed E-state index contributed by atoms with van der Waals surface area (Å²) in [4.78, 5) is 38.1. The molecule has 0 aromatic heterocycles. The zero-order chi connectivity index (χ0) is 19.2. The van der Waals surface area contributed by atoms with Gasteiger partial charge in [0.05, 0.1) is 6.04 Å². The number of carbonyl (C=O) groups excluding carboxylic acids is 3. The highest BCUT2D eigenvalue weighted by Gasteiger charge is 2.27. The van der Waals surface area contributed by atoms with E-state index in [-0.39, 0.29) is 42.1 Å². The molecule has 1 aromatic carbocycles. The highest BCUT2D eigenvalue weighted by Crippen LogP contribution is 2.20. The number of likely N-dealkylation sites (tertiary alicyclic amines) is 1. The monoisotopic (exact) mass is 408 g/mol. The van der Waals surface area contributed by atoms with E-state index in [0.717, 1.165) is 38.8 Å². The summed E-state index contributed by atoms with van der Waals surface area (Å²) in [6, 6.07) is 6.95. The Balaban J connectivity index is 0.00000280. The first kappa shape index (κ1) is 22.2. The topological polar surface area (TPSA) is 90.5 Å². The van der Waals surface area contributed by atoms with Crippen molar-refractivity contribution in [2.24, 2.45) is 5.92 Å². The Labute approximate surface area is 172 Å². The Morgan fingerprint density at radius 2 is 2.04 bits per heavy atom.